The van der Waals surface area contributed by atoms with E-state index in [1.165, 1.54) is 11.9 Å². The van der Waals surface area contributed by atoms with Crippen molar-refractivity contribution in [1.82, 2.24) is 14.5 Å². The van der Waals surface area contributed by atoms with Gasteiger partial charge in [-0.2, -0.15) is 4.31 Å². The van der Waals surface area contributed by atoms with E-state index < -0.39 is 28.5 Å². The molecule has 3 aromatic rings. The molecular weight excluding hydrogens is 590 g/mol. The van der Waals surface area contributed by atoms with E-state index in [9.17, 15) is 18.0 Å². The molecule has 2 amide bonds. The zero-order valence-corrected chi connectivity index (χ0v) is 25.3. The van der Waals surface area contributed by atoms with Crippen LogP contribution in [0.5, 0.6) is 0 Å². The Hall–Kier alpha value is -3.01. The number of hydrogen-bond donors (Lipinski definition) is 1. The van der Waals surface area contributed by atoms with E-state index >= 15 is 0 Å². The highest BCUT2D eigenvalue weighted by molar-refractivity contribution is 9.10. The lowest BCUT2D eigenvalue weighted by Gasteiger charge is -2.33. The second-order valence-corrected chi connectivity index (χ2v) is 13.4. The summed E-state index contributed by atoms with van der Waals surface area (Å²) in [7, 11) is -2.51. The molecule has 1 saturated carbocycles. The van der Waals surface area contributed by atoms with Crippen LogP contribution in [0.3, 0.4) is 0 Å². The largest absolute Gasteiger partial charge is 0.352 e. The number of aryl methyl sites for hydroxylation is 1. The third kappa shape index (κ3) is 7.80. The molecule has 1 aliphatic rings. The topological polar surface area (TPSA) is 86.8 Å². The Balaban J connectivity index is 1.65. The van der Waals surface area contributed by atoms with Crippen molar-refractivity contribution >= 4 is 37.8 Å². The van der Waals surface area contributed by atoms with Crippen LogP contribution in [0.4, 0.5) is 0 Å². The molecule has 1 N–H and O–H groups in total. The standard InChI is InChI=1S/C31H36BrN3O4S/c1-23-12-18-28(19-13-23)40(38,39)34(2)22-30(36)35(21-25-14-16-26(32)17-15-25)29(20-24-8-4-3-5-9-24)31(37)33-27-10-6-7-11-27/h3-5,8-9,12-19,27,29H,6-7,10-11,20-22H2,1-2H3,(H,33,37). The fourth-order valence-corrected chi connectivity index (χ4v) is 6.35. The lowest BCUT2D eigenvalue weighted by atomic mass is 10.0. The quantitative estimate of drug-likeness (QED) is 0.322. The fourth-order valence-electron chi connectivity index (χ4n) is 4.96. The van der Waals surface area contributed by atoms with Gasteiger partial charge in [-0.25, -0.2) is 8.42 Å². The Morgan fingerprint density at radius 3 is 2.17 bits per heavy atom. The number of nitrogens with one attached hydrogen (secondary N) is 1. The molecule has 1 aliphatic carbocycles. The molecule has 0 aromatic heterocycles. The van der Waals surface area contributed by atoms with Crippen molar-refractivity contribution in [2.24, 2.45) is 0 Å². The van der Waals surface area contributed by atoms with E-state index in [1.54, 1.807) is 24.3 Å². The molecule has 0 aliphatic heterocycles. The molecule has 1 unspecified atom stereocenters. The van der Waals surface area contributed by atoms with E-state index in [4.69, 9.17) is 0 Å². The number of rotatable bonds is 11. The highest BCUT2D eigenvalue weighted by Crippen LogP contribution is 2.22. The van der Waals surface area contributed by atoms with Crippen LogP contribution in [-0.2, 0) is 32.6 Å². The Morgan fingerprint density at radius 1 is 0.925 bits per heavy atom. The van der Waals surface area contributed by atoms with E-state index in [2.05, 4.69) is 21.2 Å². The van der Waals surface area contributed by atoms with Crippen LogP contribution in [0.15, 0.2) is 88.2 Å². The van der Waals surface area contributed by atoms with Crippen LogP contribution in [0.2, 0.25) is 0 Å². The van der Waals surface area contributed by atoms with E-state index in [0.29, 0.717) is 6.42 Å². The number of nitrogens with zero attached hydrogens (tertiary/aromatic N) is 2. The summed E-state index contributed by atoms with van der Waals surface area (Å²) in [6.07, 6.45) is 4.29. The van der Waals surface area contributed by atoms with Crippen LogP contribution in [0.25, 0.3) is 0 Å². The number of likely N-dealkylation sites (N-methyl/N-ethyl adjacent to an activating group) is 1. The maximum absolute atomic E-state index is 14.0. The molecule has 9 heteroatoms. The molecule has 0 radical (unpaired) electrons. The second-order valence-electron chi connectivity index (χ2n) is 10.4. The van der Waals surface area contributed by atoms with Crippen LogP contribution in [-0.4, -0.2) is 55.1 Å². The molecule has 3 aromatic carbocycles. The van der Waals surface area contributed by atoms with Gasteiger partial charge in [0, 0.05) is 30.5 Å². The Labute approximate surface area is 245 Å². The van der Waals surface area contributed by atoms with Gasteiger partial charge < -0.3 is 10.2 Å². The molecule has 0 spiro atoms. The number of hydrogen-bond acceptors (Lipinski definition) is 4. The summed E-state index contributed by atoms with van der Waals surface area (Å²) >= 11 is 3.45. The molecule has 0 heterocycles. The second kappa shape index (κ2) is 13.6. The highest BCUT2D eigenvalue weighted by atomic mass is 79.9. The summed E-state index contributed by atoms with van der Waals surface area (Å²) in [5.74, 6) is -0.658. The number of sulfonamides is 1. The summed E-state index contributed by atoms with van der Waals surface area (Å²) in [5.41, 5.74) is 2.70. The molecule has 1 fully saturated rings. The van der Waals surface area contributed by atoms with E-state index in [1.807, 2.05) is 61.5 Å². The Bertz CT molecular complexity index is 1390. The van der Waals surface area contributed by atoms with Gasteiger partial charge in [0.1, 0.15) is 6.04 Å². The zero-order chi connectivity index (χ0) is 28.7. The molecule has 7 nitrogen and oxygen atoms in total. The van der Waals surface area contributed by atoms with Gasteiger partial charge in [0.2, 0.25) is 21.8 Å². The Morgan fingerprint density at radius 2 is 1.55 bits per heavy atom. The van der Waals surface area contributed by atoms with Crippen molar-refractivity contribution in [3.05, 3.63) is 100 Å². The average molecular weight is 627 g/mol. The number of benzene rings is 3. The van der Waals surface area contributed by atoms with Crippen LogP contribution >= 0.6 is 15.9 Å². The van der Waals surface area contributed by atoms with Gasteiger partial charge in [0.05, 0.1) is 11.4 Å². The molecule has 1 atom stereocenters. The third-order valence-electron chi connectivity index (χ3n) is 7.33. The van der Waals surface area contributed by atoms with Crippen molar-refractivity contribution in [2.75, 3.05) is 13.6 Å². The fraction of sp³-hybridized carbons (Fsp3) is 0.355. The molecule has 212 valence electrons. The van der Waals surface area contributed by atoms with E-state index in [0.717, 1.165) is 51.2 Å². The van der Waals surface area contributed by atoms with Gasteiger partial charge >= 0.3 is 0 Å². The summed E-state index contributed by atoms with van der Waals surface area (Å²) in [5, 5.41) is 3.17. The lowest BCUT2D eigenvalue weighted by Crippen LogP contribution is -2.54. The summed E-state index contributed by atoms with van der Waals surface area (Å²) in [6.45, 7) is 1.65. The van der Waals surface area contributed by atoms with Crippen molar-refractivity contribution in [3.63, 3.8) is 0 Å². The van der Waals surface area contributed by atoms with Gasteiger partial charge in [-0.1, -0.05) is 88.9 Å². The smallest absolute Gasteiger partial charge is 0.243 e. The maximum atomic E-state index is 14.0. The average Bonchev–Trinajstić information content (AvgIpc) is 3.45. The minimum absolute atomic E-state index is 0.0833. The summed E-state index contributed by atoms with van der Waals surface area (Å²) in [6, 6.07) is 23.0. The van der Waals surface area contributed by atoms with E-state index in [-0.39, 0.29) is 23.4 Å². The molecular formula is C31H36BrN3O4S. The predicted molar refractivity (Wildman–Crippen MR) is 160 cm³/mol. The molecule has 0 saturated heterocycles. The van der Waals surface area contributed by atoms with Gasteiger partial charge in [-0.15, -0.1) is 0 Å². The van der Waals surface area contributed by atoms with Crippen molar-refractivity contribution in [3.8, 4) is 0 Å². The SMILES string of the molecule is Cc1ccc(S(=O)(=O)N(C)CC(=O)N(Cc2ccc(Br)cc2)C(Cc2ccccc2)C(=O)NC2CCCC2)cc1. The molecule has 4 rings (SSSR count). The first kappa shape index (κ1) is 30.0. The highest BCUT2D eigenvalue weighted by Gasteiger charge is 2.34. The summed E-state index contributed by atoms with van der Waals surface area (Å²) in [4.78, 5) is 29.4. The van der Waals surface area contributed by atoms with Crippen molar-refractivity contribution < 1.29 is 18.0 Å². The summed E-state index contributed by atoms with van der Waals surface area (Å²) < 4.78 is 28.5. The van der Waals surface area contributed by atoms with Crippen LogP contribution < -0.4 is 5.32 Å². The predicted octanol–water partition coefficient (Wildman–Crippen LogP) is 5.08. The minimum atomic E-state index is -3.91. The number of carbonyl (C=O) groups is 2. The number of carbonyl (C=O) groups excluding carboxylic acids is 2. The van der Waals surface area contributed by atoms with Crippen molar-refractivity contribution in [2.45, 2.75) is 62.6 Å². The van der Waals surface area contributed by atoms with Crippen LogP contribution in [0, 0.1) is 6.92 Å². The maximum Gasteiger partial charge on any atom is 0.243 e. The first-order valence-electron chi connectivity index (χ1n) is 13.5. The van der Waals surface area contributed by atoms with Gasteiger partial charge in [-0.05, 0) is 55.2 Å². The van der Waals surface area contributed by atoms with Gasteiger partial charge in [0.15, 0.2) is 0 Å². The Kier molecular flexibility index (Phi) is 10.2. The first-order valence-corrected chi connectivity index (χ1v) is 15.8. The molecule has 0 bridgehead atoms. The molecule has 40 heavy (non-hydrogen) atoms. The normalized spacial score (nSPS) is 14.7. The minimum Gasteiger partial charge on any atom is -0.352 e. The van der Waals surface area contributed by atoms with Crippen molar-refractivity contribution in [1.29, 1.82) is 0 Å². The lowest BCUT2D eigenvalue weighted by molar-refractivity contribution is -0.141. The first-order chi connectivity index (χ1) is 19.1. The third-order valence-corrected chi connectivity index (χ3v) is 9.67. The number of amides is 2. The van der Waals surface area contributed by atoms with Gasteiger partial charge in [-0.3, -0.25) is 9.59 Å². The van der Waals surface area contributed by atoms with Crippen LogP contribution in [0.1, 0.15) is 42.4 Å². The monoisotopic (exact) mass is 625 g/mol. The van der Waals surface area contributed by atoms with Gasteiger partial charge in [0.25, 0.3) is 0 Å². The number of halogens is 1. The zero-order valence-electron chi connectivity index (χ0n) is 22.9.